The predicted molar refractivity (Wildman–Crippen MR) is 109 cm³/mol. The number of benzene rings is 2. The second kappa shape index (κ2) is 8.06. The lowest BCUT2D eigenvalue weighted by Crippen LogP contribution is -2.19. The first kappa shape index (κ1) is 18.0. The molecule has 3 aromatic rings. The molecule has 0 spiro atoms. The summed E-state index contributed by atoms with van der Waals surface area (Å²) in [5.74, 6) is 0.623. The van der Waals surface area contributed by atoms with Gasteiger partial charge < -0.3 is 10.6 Å². The number of nitrogens with one attached hydrogen (secondary N) is 2. The van der Waals surface area contributed by atoms with Crippen LogP contribution >= 0.6 is 47.0 Å². The van der Waals surface area contributed by atoms with Crippen LogP contribution in [0.15, 0.2) is 54.7 Å². The van der Waals surface area contributed by atoms with Crippen LogP contribution in [0.3, 0.4) is 0 Å². The molecular weight excluding hydrogens is 399 g/mol. The van der Waals surface area contributed by atoms with Crippen molar-refractivity contribution in [3.63, 3.8) is 0 Å². The highest BCUT2D eigenvalue weighted by Gasteiger charge is 2.06. The molecule has 2 N–H and O–H groups in total. The van der Waals surface area contributed by atoms with E-state index in [2.05, 4.69) is 15.7 Å². The molecule has 2 aromatic carbocycles. The van der Waals surface area contributed by atoms with Crippen LogP contribution in [-0.2, 0) is 6.54 Å². The number of nitrogens with zero attached hydrogens (tertiary/aromatic N) is 2. The number of rotatable bonds is 4. The number of aromatic nitrogens is 2. The summed E-state index contributed by atoms with van der Waals surface area (Å²) in [6.45, 7) is 0.575. The lowest BCUT2D eigenvalue weighted by molar-refractivity contribution is 0.690. The van der Waals surface area contributed by atoms with E-state index < -0.39 is 0 Å². The van der Waals surface area contributed by atoms with E-state index in [0.29, 0.717) is 38.2 Å². The molecule has 0 aliphatic heterocycles. The Kier molecular flexibility index (Phi) is 5.81. The van der Waals surface area contributed by atoms with Crippen molar-refractivity contribution in [2.45, 2.75) is 6.54 Å². The standard InChI is InChI=1S/C17H13Cl3N4S/c18-12-7-13(19)9-14(8-12)21-17(25)22-16-5-6-24(23-16)10-11-3-1-2-4-15(11)20/h1-9H,10H2,(H2,21,22,23,25). The number of hydrogen-bond donors (Lipinski definition) is 2. The SMILES string of the molecule is S=C(Nc1cc(Cl)cc(Cl)c1)Nc1ccn(Cc2ccccc2Cl)n1. The smallest absolute Gasteiger partial charge is 0.176 e. The molecule has 0 radical (unpaired) electrons. The predicted octanol–water partition coefficient (Wildman–Crippen LogP) is 5.70. The Hall–Kier alpha value is -1.79. The molecule has 0 bridgehead atoms. The monoisotopic (exact) mass is 410 g/mol. The van der Waals surface area contributed by atoms with E-state index in [0.717, 1.165) is 5.56 Å². The van der Waals surface area contributed by atoms with Crippen LogP contribution in [0.25, 0.3) is 0 Å². The highest BCUT2D eigenvalue weighted by atomic mass is 35.5. The maximum atomic E-state index is 6.17. The van der Waals surface area contributed by atoms with Gasteiger partial charge in [0.1, 0.15) is 0 Å². The minimum Gasteiger partial charge on any atom is -0.332 e. The summed E-state index contributed by atoms with van der Waals surface area (Å²) in [4.78, 5) is 0. The maximum absolute atomic E-state index is 6.17. The molecule has 0 aliphatic carbocycles. The molecule has 128 valence electrons. The van der Waals surface area contributed by atoms with Gasteiger partial charge in [-0.1, -0.05) is 53.0 Å². The maximum Gasteiger partial charge on any atom is 0.176 e. The van der Waals surface area contributed by atoms with Crippen molar-refractivity contribution in [3.05, 3.63) is 75.4 Å². The van der Waals surface area contributed by atoms with E-state index in [1.165, 1.54) is 0 Å². The topological polar surface area (TPSA) is 41.9 Å². The molecule has 4 nitrogen and oxygen atoms in total. The van der Waals surface area contributed by atoms with Gasteiger partial charge >= 0.3 is 0 Å². The van der Waals surface area contributed by atoms with Gasteiger partial charge in [0, 0.05) is 33.0 Å². The summed E-state index contributed by atoms with van der Waals surface area (Å²) < 4.78 is 1.78. The molecule has 0 aliphatic rings. The fourth-order valence-electron chi connectivity index (χ4n) is 2.22. The molecule has 0 unspecified atom stereocenters. The highest BCUT2D eigenvalue weighted by Crippen LogP contribution is 2.22. The van der Waals surface area contributed by atoms with Crippen molar-refractivity contribution in [1.29, 1.82) is 0 Å². The minimum atomic E-state index is 0.390. The Morgan fingerprint density at radius 3 is 2.44 bits per heavy atom. The van der Waals surface area contributed by atoms with Gasteiger partial charge in [0.25, 0.3) is 0 Å². The second-order valence-electron chi connectivity index (χ2n) is 5.23. The first-order valence-electron chi connectivity index (χ1n) is 7.30. The van der Waals surface area contributed by atoms with Gasteiger partial charge in [0.05, 0.1) is 6.54 Å². The molecule has 0 amide bonds. The zero-order chi connectivity index (χ0) is 17.8. The second-order valence-corrected chi connectivity index (χ2v) is 6.92. The third kappa shape index (κ3) is 5.09. The number of hydrogen-bond acceptors (Lipinski definition) is 2. The van der Waals surface area contributed by atoms with E-state index in [-0.39, 0.29) is 0 Å². The van der Waals surface area contributed by atoms with E-state index in [1.54, 1.807) is 22.9 Å². The van der Waals surface area contributed by atoms with Crippen LogP contribution < -0.4 is 10.6 Å². The summed E-state index contributed by atoms with van der Waals surface area (Å²) in [6, 6.07) is 14.6. The molecule has 8 heteroatoms. The molecule has 0 saturated carbocycles. The van der Waals surface area contributed by atoms with Crippen molar-refractivity contribution >= 4 is 63.6 Å². The van der Waals surface area contributed by atoms with Crippen molar-refractivity contribution in [2.24, 2.45) is 0 Å². The first-order valence-corrected chi connectivity index (χ1v) is 8.85. The fraction of sp³-hybridized carbons (Fsp3) is 0.0588. The van der Waals surface area contributed by atoms with Crippen LogP contribution in [0, 0.1) is 0 Å². The fourth-order valence-corrected chi connectivity index (χ4v) is 3.17. The number of thiocarbonyl (C=S) groups is 1. The van der Waals surface area contributed by atoms with Gasteiger partial charge in [0.2, 0.25) is 0 Å². The lowest BCUT2D eigenvalue weighted by atomic mass is 10.2. The third-order valence-electron chi connectivity index (χ3n) is 3.29. The van der Waals surface area contributed by atoms with Crippen LogP contribution in [0.4, 0.5) is 11.5 Å². The minimum absolute atomic E-state index is 0.390. The molecular formula is C17H13Cl3N4S. The summed E-state index contributed by atoms with van der Waals surface area (Å²) >= 11 is 23.4. The van der Waals surface area contributed by atoms with Crippen LogP contribution in [-0.4, -0.2) is 14.9 Å². The lowest BCUT2D eigenvalue weighted by Gasteiger charge is -2.09. The van der Waals surface area contributed by atoms with Crippen molar-refractivity contribution < 1.29 is 0 Å². The van der Waals surface area contributed by atoms with Gasteiger partial charge in [-0.3, -0.25) is 4.68 Å². The van der Waals surface area contributed by atoms with Gasteiger partial charge in [0.15, 0.2) is 10.9 Å². The van der Waals surface area contributed by atoms with Gasteiger partial charge in [-0.2, -0.15) is 5.10 Å². The van der Waals surface area contributed by atoms with Crippen molar-refractivity contribution in [1.82, 2.24) is 9.78 Å². The summed E-state index contributed by atoms with van der Waals surface area (Å²) in [5, 5.41) is 12.6. The van der Waals surface area contributed by atoms with E-state index in [4.69, 9.17) is 47.0 Å². The average molecular weight is 412 g/mol. The zero-order valence-corrected chi connectivity index (χ0v) is 15.9. The van der Waals surface area contributed by atoms with Crippen molar-refractivity contribution in [2.75, 3.05) is 10.6 Å². The quantitative estimate of drug-likeness (QED) is 0.540. The average Bonchev–Trinajstić information content (AvgIpc) is 2.95. The summed E-state index contributed by atoms with van der Waals surface area (Å²) in [7, 11) is 0. The number of halogens is 3. The van der Waals surface area contributed by atoms with Crippen LogP contribution in [0.5, 0.6) is 0 Å². The van der Waals surface area contributed by atoms with E-state index in [1.807, 2.05) is 36.5 Å². The molecule has 0 atom stereocenters. The summed E-state index contributed by atoms with van der Waals surface area (Å²) in [5.41, 5.74) is 1.69. The Balaban J connectivity index is 1.63. The van der Waals surface area contributed by atoms with Crippen molar-refractivity contribution in [3.8, 4) is 0 Å². The first-order chi connectivity index (χ1) is 12.0. The Bertz CT molecular complexity index is 890. The molecule has 3 rings (SSSR count). The van der Waals surface area contributed by atoms with Gasteiger partial charge in [-0.05, 0) is 42.0 Å². The normalized spacial score (nSPS) is 10.5. The van der Waals surface area contributed by atoms with Crippen LogP contribution in [0.1, 0.15) is 5.56 Å². The Morgan fingerprint density at radius 1 is 1.00 bits per heavy atom. The third-order valence-corrected chi connectivity index (χ3v) is 4.30. The number of anilines is 2. The Labute approximate surface area is 165 Å². The van der Waals surface area contributed by atoms with Gasteiger partial charge in [-0.15, -0.1) is 0 Å². The zero-order valence-electron chi connectivity index (χ0n) is 12.8. The van der Waals surface area contributed by atoms with Gasteiger partial charge in [-0.25, -0.2) is 0 Å². The molecule has 1 heterocycles. The molecule has 0 fully saturated rings. The van der Waals surface area contributed by atoms with E-state index in [9.17, 15) is 0 Å². The highest BCUT2D eigenvalue weighted by molar-refractivity contribution is 7.80. The Morgan fingerprint density at radius 2 is 1.72 bits per heavy atom. The summed E-state index contributed by atoms with van der Waals surface area (Å²) in [6.07, 6.45) is 1.85. The largest absolute Gasteiger partial charge is 0.332 e. The van der Waals surface area contributed by atoms with E-state index >= 15 is 0 Å². The molecule has 0 saturated heterocycles. The molecule has 1 aromatic heterocycles. The van der Waals surface area contributed by atoms with Crippen LogP contribution in [0.2, 0.25) is 15.1 Å². The molecule has 25 heavy (non-hydrogen) atoms.